The molecule has 90 valence electrons. The van der Waals surface area contributed by atoms with Crippen molar-refractivity contribution in [3.05, 3.63) is 10.7 Å². The smallest absolute Gasteiger partial charge is 0.278 e. The van der Waals surface area contributed by atoms with Crippen LogP contribution in [-0.4, -0.2) is 29.8 Å². The summed E-state index contributed by atoms with van der Waals surface area (Å²) < 4.78 is 0. The molecule has 0 spiro atoms. The molecule has 2 amide bonds. The maximum absolute atomic E-state index is 11.8. The second-order valence-electron chi connectivity index (χ2n) is 3.73. The molecule has 0 radical (unpaired) electrons. The predicted molar refractivity (Wildman–Crippen MR) is 62.8 cm³/mol. The molecule has 1 N–H and O–H groups in total. The van der Waals surface area contributed by atoms with Crippen molar-refractivity contribution >= 4 is 23.4 Å². The molecule has 0 fully saturated rings. The molecule has 0 aliphatic carbocycles. The van der Waals surface area contributed by atoms with Gasteiger partial charge in [0.1, 0.15) is 10.7 Å². The molecule has 0 aromatic heterocycles. The normalized spacial score (nSPS) is 16.3. The van der Waals surface area contributed by atoms with Gasteiger partial charge in [-0.3, -0.25) is 14.5 Å². The molecule has 1 rings (SSSR count). The summed E-state index contributed by atoms with van der Waals surface area (Å²) in [7, 11) is 0. The van der Waals surface area contributed by atoms with Crippen molar-refractivity contribution in [2.45, 2.75) is 33.1 Å². The maximum Gasteiger partial charge on any atom is 0.278 e. The Morgan fingerprint density at radius 1 is 1.19 bits per heavy atom. The largest absolute Gasteiger partial charge is 0.379 e. The van der Waals surface area contributed by atoms with Gasteiger partial charge in [-0.2, -0.15) is 0 Å². The lowest BCUT2D eigenvalue weighted by Crippen LogP contribution is -2.34. The number of halogens is 1. The zero-order chi connectivity index (χ0) is 12.1. The van der Waals surface area contributed by atoms with Gasteiger partial charge in [0.2, 0.25) is 0 Å². The van der Waals surface area contributed by atoms with Crippen molar-refractivity contribution in [1.82, 2.24) is 10.2 Å². The van der Waals surface area contributed by atoms with Gasteiger partial charge in [-0.1, -0.05) is 31.9 Å². The van der Waals surface area contributed by atoms with Crippen LogP contribution in [0.5, 0.6) is 0 Å². The quantitative estimate of drug-likeness (QED) is 0.723. The average Bonchev–Trinajstić information content (AvgIpc) is 2.47. The first-order valence-corrected chi connectivity index (χ1v) is 6.01. The van der Waals surface area contributed by atoms with Crippen molar-refractivity contribution in [3.8, 4) is 0 Å². The van der Waals surface area contributed by atoms with E-state index in [1.807, 2.05) is 13.8 Å². The van der Waals surface area contributed by atoms with Crippen molar-refractivity contribution in [3.63, 3.8) is 0 Å². The van der Waals surface area contributed by atoms with Crippen LogP contribution in [0.25, 0.3) is 0 Å². The Labute approximate surface area is 101 Å². The van der Waals surface area contributed by atoms with E-state index in [2.05, 4.69) is 5.32 Å². The van der Waals surface area contributed by atoms with Crippen LogP contribution in [0, 0.1) is 0 Å². The van der Waals surface area contributed by atoms with Crippen molar-refractivity contribution in [2.24, 2.45) is 0 Å². The summed E-state index contributed by atoms with van der Waals surface area (Å²) in [6.45, 7) is 5.09. The molecule has 0 saturated heterocycles. The van der Waals surface area contributed by atoms with Crippen LogP contribution in [0.1, 0.15) is 33.1 Å². The molecule has 16 heavy (non-hydrogen) atoms. The van der Waals surface area contributed by atoms with Crippen LogP contribution < -0.4 is 5.32 Å². The number of amides is 2. The fourth-order valence-corrected chi connectivity index (χ4v) is 1.72. The van der Waals surface area contributed by atoms with Gasteiger partial charge in [-0.05, 0) is 12.8 Å². The second kappa shape index (κ2) is 5.89. The first-order chi connectivity index (χ1) is 7.63. The maximum atomic E-state index is 11.8. The first-order valence-electron chi connectivity index (χ1n) is 5.63. The number of hydrogen-bond donors (Lipinski definition) is 1. The summed E-state index contributed by atoms with van der Waals surface area (Å²) in [4.78, 5) is 24.7. The third kappa shape index (κ3) is 2.55. The molecule has 0 aromatic rings. The van der Waals surface area contributed by atoms with Crippen LogP contribution in [0.3, 0.4) is 0 Å². The lowest BCUT2D eigenvalue weighted by Gasteiger charge is -2.13. The number of nitrogens with zero attached hydrogens (tertiary/aromatic N) is 1. The zero-order valence-electron chi connectivity index (χ0n) is 9.68. The van der Waals surface area contributed by atoms with Crippen molar-refractivity contribution in [2.75, 3.05) is 13.1 Å². The van der Waals surface area contributed by atoms with E-state index in [0.29, 0.717) is 13.1 Å². The summed E-state index contributed by atoms with van der Waals surface area (Å²) in [6, 6.07) is 0. The fourth-order valence-electron chi connectivity index (χ4n) is 1.47. The van der Waals surface area contributed by atoms with E-state index < -0.39 is 0 Å². The molecule has 0 unspecified atom stereocenters. The lowest BCUT2D eigenvalue weighted by atomic mass is 10.3. The minimum atomic E-state index is -0.376. The third-order valence-electron chi connectivity index (χ3n) is 2.40. The monoisotopic (exact) mass is 244 g/mol. The summed E-state index contributed by atoms with van der Waals surface area (Å²) in [6.07, 6.45) is 2.62. The minimum absolute atomic E-state index is 0.0227. The number of rotatable bonds is 6. The molecule has 0 aromatic carbocycles. The summed E-state index contributed by atoms with van der Waals surface area (Å²) in [5, 5.41) is 2.93. The highest BCUT2D eigenvalue weighted by Crippen LogP contribution is 2.22. The van der Waals surface area contributed by atoms with E-state index >= 15 is 0 Å². The van der Waals surface area contributed by atoms with Crippen LogP contribution >= 0.6 is 11.6 Å². The van der Waals surface area contributed by atoms with E-state index in [-0.39, 0.29) is 22.5 Å². The number of carbonyl (C=O) groups excluding carboxylic acids is 2. The summed E-state index contributed by atoms with van der Waals surface area (Å²) in [5.41, 5.74) is 0.254. The number of carbonyl (C=O) groups is 2. The average molecular weight is 245 g/mol. The second-order valence-corrected chi connectivity index (χ2v) is 4.11. The predicted octanol–water partition coefficient (Wildman–Crippen LogP) is 1.61. The Hall–Kier alpha value is -1.03. The SMILES string of the molecule is CCCCN1C(=O)C(Cl)=C(NCCC)C1=O. The van der Waals surface area contributed by atoms with Gasteiger partial charge in [0, 0.05) is 13.1 Å². The van der Waals surface area contributed by atoms with Gasteiger partial charge in [-0.25, -0.2) is 0 Å². The lowest BCUT2D eigenvalue weighted by molar-refractivity contribution is -0.137. The number of nitrogens with one attached hydrogen (secondary N) is 1. The third-order valence-corrected chi connectivity index (χ3v) is 2.75. The Morgan fingerprint density at radius 2 is 1.88 bits per heavy atom. The van der Waals surface area contributed by atoms with Crippen molar-refractivity contribution < 1.29 is 9.59 Å². The fraction of sp³-hybridized carbons (Fsp3) is 0.636. The van der Waals surface area contributed by atoms with E-state index in [4.69, 9.17) is 11.6 Å². The summed E-state index contributed by atoms with van der Waals surface area (Å²) >= 11 is 5.84. The van der Waals surface area contributed by atoms with Crippen LogP contribution in [0.4, 0.5) is 0 Å². The van der Waals surface area contributed by atoms with Crippen LogP contribution in [0.15, 0.2) is 10.7 Å². The highest BCUT2D eigenvalue weighted by atomic mass is 35.5. The van der Waals surface area contributed by atoms with Crippen molar-refractivity contribution in [1.29, 1.82) is 0 Å². The Kier molecular flexibility index (Phi) is 4.80. The minimum Gasteiger partial charge on any atom is -0.379 e. The van der Waals surface area contributed by atoms with E-state index in [1.54, 1.807) is 0 Å². The Morgan fingerprint density at radius 3 is 2.44 bits per heavy atom. The molecule has 5 heteroatoms. The van der Waals surface area contributed by atoms with E-state index in [0.717, 1.165) is 19.3 Å². The zero-order valence-corrected chi connectivity index (χ0v) is 10.4. The molecular weight excluding hydrogens is 228 g/mol. The van der Waals surface area contributed by atoms with E-state index in [9.17, 15) is 9.59 Å². The highest BCUT2D eigenvalue weighted by molar-refractivity contribution is 6.47. The number of hydrogen-bond acceptors (Lipinski definition) is 3. The molecule has 0 saturated carbocycles. The Bertz CT molecular complexity index is 326. The van der Waals surface area contributed by atoms with Gasteiger partial charge in [0.15, 0.2) is 0 Å². The van der Waals surface area contributed by atoms with Gasteiger partial charge in [0.25, 0.3) is 11.8 Å². The standard InChI is InChI=1S/C11H17ClN2O2/c1-3-5-7-14-10(15)8(12)9(11(14)16)13-6-4-2/h13H,3-7H2,1-2H3. The molecular formula is C11H17ClN2O2. The number of unbranched alkanes of at least 4 members (excludes halogenated alkanes) is 1. The van der Waals surface area contributed by atoms with Gasteiger partial charge < -0.3 is 5.32 Å². The number of imide groups is 1. The molecule has 1 heterocycles. The first kappa shape index (κ1) is 13.0. The van der Waals surface area contributed by atoms with Gasteiger partial charge >= 0.3 is 0 Å². The van der Waals surface area contributed by atoms with E-state index in [1.165, 1.54) is 4.90 Å². The van der Waals surface area contributed by atoms with Crippen LogP contribution in [0.2, 0.25) is 0 Å². The van der Waals surface area contributed by atoms with Gasteiger partial charge in [0.05, 0.1) is 0 Å². The van der Waals surface area contributed by atoms with Gasteiger partial charge in [-0.15, -0.1) is 0 Å². The topological polar surface area (TPSA) is 49.4 Å². The molecule has 4 nitrogen and oxygen atoms in total. The van der Waals surface area contributed by atoms with Crippen LogP contribution in [-0.2, 0) is 9.59 Å². The molecule has 0 bridgehead atoms. The Balaban J connectivity index is 2.71. The molecule has 1 aliphatic heterocycles. The highest BCUT2D eigenvalue weighted by Gasteiger charge is 2.36. The summed E-state index contributed by atoms with van der Waals surface area (Å²) in [5.74, 6) is -0.671. The molecule has 1 aliphatic rings. The molecule has 0 atom stereocenters.